The first kappa shape index (κ1) is 21.1. The Kier molecular flexibility index (Phi) is 5.51. The number of ether oxygens (including phenoxy) is 1. The Morgan fingerprint density at radius 3 is 2.00 bits per heavy atom. The van der Waals surface area contributed by atoms with E-state index >= 15 is 0 Å². The van der Waals surface area contributed by atoms with Crippen LogP contribution in [0.25, 0.3) is 0 Å². The summed E-state index contributed by atoms with van der Waals surface area (Å²) in [6.45, 7) is -0.666. The highest BCUT2D eigenvalue weighted by atomic mass is 32.2. The lowest BCUT2D eigenvalue weighted by Crippen LogP contribution is -2.46. The Morgan fingerprint density at radius 1 is 1.07 bits per heavy atom. The molecule has 0 aromatic heterocycles. The van der Waals surface area contributed by atoms with Crippen molar-refractivity contribution in [3.63, 3.8) is 0 Å². The minimum absolute atomic E-state index is 0.666. The summed E-state index contributed by atoms with van der Waals surface area (Å²) in [6.07, 6.45) is -3.46. The molecule has 1 aromatic rings. The molecular formula is C10H7F5N2O8S2. The number of benzene rings is 1. The van der Waals surface area contributed by atoms with E-state index in [1.165, 1.54) is 0 Å². The lowest BCUT2D eigenvalue weighted by Gasteiger charge is -2.18. The van der Waals surface area contributed by atoms with Crippen LogP contribution in [0.4, 0.5) is 26.7 Å². The number of hydrogen-bond acceptors (Lipinski definition) is 9. The molecule has 1 atom stereocenters. The standard InChI is InChI=1S/C10H7F5N2O8S2/c11-4-5(12)7(14)9(8(15)6(4)13)25-27(21,22)17(16)10(18)24-3-1-23-26(19,20)2-3/h3H,1-2,16H2. The number of amides is 1. The van der Waals surface area contributed by atoms with Crippen molar-refractivity contribution in [2.45, 2.75) is 6.10 Å². The fourth-order valence-corrected chi connectivity index (χ4v) is 3.40. The molecule has 10 nitrogen and oxygen atoms in total. The van der Waals surface area contributed by atoms with Gasteiger partial charge in [-0.1, -0.05) is 0 Å². The van der Waals surface area contributed by atoms with E-state index in [0.29, 0.717) is 0 Å². The van der Waals surface area contributed by atoms with Gasteiger partial charge < -0.3 is 8.92 Å². The SMILES string of the molecule is NN(C(=O)OC1COS(=O)(=O)C1)S(=O)(=O)Oc1c(F)c(F)c(F)c(F)c1F. The van der Waals surface area contributed by atoms with Crippen molar-refractivity contribution >= 4 is 26.5 Å². The molecule has 0 aliphatic carbocycles. The van der Waals surface area contributed by atoms with Crippen LogP contribution < -0.4 is 10.0 Å². The molecule has 1 amide bonds. The van der Waals surface area contributed by atoms with E-state index in [1.54, 1.807) is 0 Å². The number of nitrogens with two attached hydrogens (primary N) is 1. The van der Waals surface area contributed by atoms with Gasteiger partial charge in [0.1, 0.15) is 18.5 Å². The Morgan fingerprint density at radius 2 is 1.56 bits per heavy atom. The summed E-state index contributed by atoms with van der Waals surface area (Å²) in [6, 6.07) is 0. The minimum Gasteiger partial charge on any atom is -0.441 e. The Balaban J connectivity index is 2.23. The first-order chi connectivity index (χ1) is 12.3. The van der Waals surface area contributed by atoms with Gasteiger partial charge in [-0.2, -0.15) is 25.6 Å². The molecule has 27 heavy (non-hydrogen) atoms. The van der Waals surface area contributed by atoms with E-state index in [9.17, 15) is 43.6 Å². The average Bonchev–Trinajstić information content (AvgIpc) is 2.92. The van der Waals surface area contributed by atoms with Crippen LogP contribution in [-0.2, 0) is 29.3 Å². The van der Waals surface area contributed by atoms with Crippen molar-refractivity contribution in [1.29, 1.82) is 0 Å². The molecule has 0 radical (unpaired) electrons. The zero-order valence-electron chi connectivity index (χ0n) is 12.5. The van der Waals surface area contributed by atoms with E-state index in [1.807, 2.05) is 0 Å². The van der Waals surface area contributed by atoms with Crippen molar-refractivity contribution in [2.24, 2.45) is 5.84 Å². The second-order valence-corrected chi connectivity index (χ2v) is 7.85. The Labute approximate surface area is 147 Å². The summed E-state index contributed by atoms with van der Waals surface area (Å²) in [5.74, 6) is -11.2. The maximum atomic E-state index is 13.4. The summed E-state index contributed by atoms with van der Waals surface area (Å²) < 4.78 is 123. The molecule has 1 aliphatic heterocycles. The Hall–Kier alpha value is -2.24. The molecule has 0 spiro atoms. The van der Waals surface area contributed by atoms with Crippen molar-refractivity contribution < 1.29 is 56.7 Å². The van der Waals surface area contributed by atoms with E-state index < -0.39 is 84.2 Å². The van der Waals surface area contributed by atoms with Crippen LogP contribution in [0.3, 0.4) is 0 Å². The maximum absolute atomic E-state index is 13.4. The second-order valence-electron chi connectivity index (χ2n) is 4.75. The predicted molar refractivity (Wildman–Crippen MR) is 71.8 cm³/mol. The van der Waals surface area contributed by atoms with Crippen LogP contribution in [0.1, 0.15) is 0 Å². The predicted octanol–water partition coefficient (Wildman–Crippen LogP) is 0.0466. The smallest absolute Gasteiger partial charge is 0.441 e. The number of halogens is 5. The largest absolute Gasteiger partial charge is 0.441 e. The van der Waals surface area contributed by atoms with Gasteiger partial charge in [-0.05, 0) is 0 Å². The quantitative estimate of drug-likeness (QED) is 0.130. The maximum Gasteiger partial charge on any atom is 0.441 e. The zero-order chi connectivity index (χ0) is 20.7. The summed E-state index contributed by atoms with van der Waals surface area (Å²) in [5, 5.41) is 0. The van der Waals surface area contributed by atoms with Gasteiger partial charge in [-0.25, -0.2) is 23.8 Å². The third-order valence-electron chi connectivity index (χ3n) is 2.87. The van der Waals surface area contributed by atoms with Crippen molar-refractivity contribution in [3.05, 3.63) is 29.1 Å². The molecule has 1 fully saturated rings. The number of rotatable bonds is 4. The van der Waals surface area contributed by atoms with Crippen molar-refractivity contribution in [2.75, 3.05) is 12.4 Å². The minimum atomic E-state index is -5.66. The van der Waals surface area contributed by atoms with Crippen molar-refractivity contribution in [3.8, 4) is 5.75 Å². The summed E-state index contributed by atoms with van der Waals surface area (Å²) >= 11 is 0. The molecule has 0 bridgehead atoms. The van der Waals surface area contributed by atoms with Gasteiger partial charge in [0.05, 0.1) is 0 Å². The summed E-state index contributed by atoms with van der Waals surface area (Å²) in [7, 11) is -9.67. The van der Waals surface area contributed by atoms with Gasteiger partial charge in [0.15, 0.2) is 0 Å². The monoisotopic (exact) mass is 442 g/mol. The molecular weight excluding hydrogens is 435 g/mol. The van der Waals surface area contributed by atoms with E-state index in [4.69, 9.17) is 5.84 Å². The first-order valence-corrected chi connectivity index (χ1v) is 9.29. The molecule has 1 aliphatic rings. The highest BCUT2D eigenvalue weighted by Crippen LogP contribution is 2.30. The van der Waals surface area contributed by atoms with E-state index in [-0.39, 0.29) is 0 Å². The molecule has 0 saturated carbocycles. The van der Waals surface area contributed by atoms with Gasteiger partial charge in [-0.3, -0.25) is 4.18 Å². The molecule has 2 N–H and O–H groups in total. The fraction of sp³-hybridized carbons (Fsp3) is 0.300. The topological polar surface area (TPSA) is 142 Å². The molecule has 152 valence electrons. The summed E-state index contributed by atoms with van der Waals surface area (Å²) in [5.41, 5.74) is 0. The fourth-order valence-electron chi connectivity index (χ4n) is 1.66. The second kappa shape index (κ2) is 7.06. The molecule has 1 heterocycles. The van der Waals surface area contributed by atoms with E-state index in [2.05, 4.69) is 13.1 Å². The molecule has 2 rings (SSSR count). The van der Waals surface area contributed by atoms with Crippen molar-refractivity contribution in [1.82, 2.24) is 4.41 Å². The van der Waals surface area contributed by atoms with Gasteiger partial charge in [0.25, 0.3) is 10.1 Å². The normalized spacial score (nSPS) is 19.0. The lowest BCUT2D eigenvalue weighted by atomic mass is 10.3. The van der Waals surface area contributed by atoms with Gasteiger partial charge in [-0.15, -0.1) is 4.41 Å². The van der Waals surface area contributed by atoms with Crippen LogP contribution >= 0.6 is 0 Å². The Bertz CT molecular complexity index is 970. The number of nitrogens with zero attached hydrogens (tertiary/aromatic N) is 1. The molecule has 1 aromatic carbocycles. The summed E-state index contributed by atoms with van der Waals surface area (Å²) in [4.78, 5) is 11.6. The van der Waals surface area contributed by atoms with Gasteiger partial charge in [0.2, 0.25) is 34.8 Å². The lowest BCUT2D eigenvalue weighted by molar-refractivity contribution is 0.0766. The third kappa shape index (κ3) is 4.20. The van der Waals surface area contributed by atoms with Crippen LogP contribution in [0.15, 0.2) is 0 Å². The average molecular weight is 442 g/mol. The van der Waals surface area contributed by atoms with Crippen LogP contribution in [0, 0.1) is 29.1 Å². The number of carbonyl (C=O) groups excluding carboxylic acids is 1. The van der Waals surface area contributed by atoms with Crippen LogP contribution in [0.5, 0.6) is 5.75 Å². The van der Waals surface area contributed by atoms with Gasteiger partial charge >= 0.3 is 16.4 Å². The zero-order valence-corrected chi connectivity index (χ0v) is 14.1. The highest BCUT2D eigenvalue weighted by molar-refractivity contribution is 7.87. The van der Waals surface area contributed by atoms with Crippen LogP contribution in [0.2, 0.25) is 0 Å². The van der Waals surface area contributed by atoms with E-state index in [0.717, 1.165) is 0 Å². The first-order valence-electron chi connectivity index (χ1n) is 6.35. The molecule has 1 saturated heterocycles. The molecule has 1 unspecified atom stereocenters. The number of carbonyl (C=O) groups is 1. The highest BCUT2D eigenvalue weighted by Gasteiger charge is 2.38. The number of hydrazine groups is 1. The third-order valence-corrected chi connectivity index (χ3v) is 5.15. The van der Waals surface area contributed by atoms with Crippen LogP contribution in [-0.4, -0.2) is 45.8 Å². The number of hydrogen-bond donors (Lipinski definition) is 1. The molecule has 17 heteroatoms. The van der Waals surface area contributed by atoms with Gasteiger partial charge in [0, 0.05) is 0 Å².